The molecule has 110 valence electrons. The number of hydrogen-bond acceptors (Lipinski definition) is 3. The third-order valence-electron chi connectivity index (χ3n) is 4.98. The molecule has 0 radical (unpaired) electrons. The second-order valence-electron chi connectivity index (χ2n) is 6.06. The summed E-state index contributed by atoms with van der Waals surface area (Å²) in [4.78, 5) is 4.89. The average molecular weight is 277 g/mol. The predicted octanol–water partition coefficient (Wildman–Crippen LogP) is 2.00. The quantitative estimate of drug-likeness (QED) is 0.917. The SMILES string of the molecule is CN1C2CCC1CN(c1cccc(F)c1CCN)CC2. The van der Waals surface area contributed by atoms with Crippen molar-refractivity contribution in [1.29, 1.82) is 0 Å². The number of halogens is 1. The molecule has 0 aliphatic carbocycles. The maximum absolute atomic E-state index is 14.1. The summed E-state index contributed by atoms with van der Waals surface area (Å²) in [5.74, 6) is -0.115. The highest BCUT2D eigenvalue weighted by molar-refractivity contribution is 5.55. The third-order valence-corrected chi connectivity index (χ3v) is 4.98. The van der Waals surface area contributed by atoms with E-state index in [0.717, 1.165) is 24.3 Å². The summed E-state index contributed by atoms with van der Waals surface area (Å²) >= 11 is 0. The molecule has 0 saturated carbocycles. The Labute approximate surface area is 120 Å². The molecule has 1 aromatic carbocycles. The van der Waals surface area contributed by atoms with Crippen molar-refractivity contribution in [3.8, 4) is 0 Å². The van der Waals surface area contributed by atoms with Gasteiger partial charge in [0.25, 0.3) is 0 Å². The summed E-state index contributed by atoms with van der Waals surface area (Å²) < 4.78 is 14.1. The minimum atomic E-state index is -0.115. The van der Waals surface area contributed by atoms with Crippen molar-refractivity contribution in [3.63, 3.8) is 0 Å². The molecule has 1 aromatic rings. The van der Waals surface area contributed by atoms with Gasteiger partial charge in [0.05, 0.1) is 0 Å². The molecule has 2 fully saturated rings. The Morgan fingerprint density at radius 3 is 2.85 bits per heavy atom. The summed E-state index contributed by atoms with van der Waals surface area (Å²) in [5, 5.41) is 0. The molecule has 2 heterocycles. The van der Waals surface area contributed by atoms with E-state index in [1.807, 2.05) is 12.1 Å². The van der Waals surface area contributed by atoms with Gasteiger partial charge in [0.2, 0.25) is 0 Å². The third kappa shape index (κ3) is 2.42. The zero-order valence-corrected chi connectivity index (χ0v) is 12.2. The zero-order valence-electron chi connectivity index (χ0n) is 12.2. The number of fused-ring (bicyclic) bond motifs is 2. The number of hydrogen-bond donors (Lipinski definition) is 1. The fourth-order valence-corrected chi connectivity index (χ4v) is 3.76. The first-order valence-corrected chi connectivity index (χ1v) is 7.65. The Morgan fingerprint density at radius 2 is 2.05 bits per heavy atom. The van der Waals surface area contributed by atoms with E-state index >= 15 is 0 Å². The van der Waals surface area contributed by atoms with Crippen LogP contribution in [0.15, 0.2) is 18.2 Å². The van der Waals surface area contributed by atoms with Gasteiger partial charge in [0, 0.05) is 36.4 Å². The molecule has 0 spiro atoms. The van der Waals surface area contributed by atoms with Crippen LogP contribution in [0.1, 0.15) is 24.8 Å². The monoisotopic (exact) mass is 277 g/mol. The van der Waals surface area contributed by atoms with E-state index in [1.54, 1.807) is 6.07 Å². The van der Waals surface area contributed by atoms with E-state index in [1.165, 1.54) is 19.3 Å². The van der Waals surface area contributed by atoms with Crippen LogP contribution < -0.4 is 10.6 Å². The fourth-order valence-electron chi connectivity index (χ4n) is 3.76. The van der Waals surface area contributed by atoms with Crippen LogP contribution in [0.2, 0.25) is 0 Å². The molecule has 3 rings (SSSR count). The van der Waals surface area contributed by atoms with Gasteiger partial charge in [-0.2, -0.15) is 0 Å². The van der Waals surface area contributed by atoms with Crippen LogP contribution in [0.3, 0.4) is 0 Å². The Morgan fingerprint density at radius 1 is 1.25 bits per heavy atom. The molecule has 0 aromatic heterocycles. The zero-order chi connectivity index (χ0) is 14.1. The van der Waals surface area contributed by atoms with Crippen molar-refractivity contribution in [2.75, 3.05) is 31.6 Å². The summed E-state index contributed by atoms with van der Waals surface area (Å²) in [7, 11) is 2.23. The number of benzene rings is 1. The van der Waals surface area contributed by atoms with Crippen LogP contribution in [-0.4, -0.2) is 43.7 Å². The molecular weight excluding hydrogens is 253 g/mol. The summed E-state index contributed by atoms with van der Waals surface area (Å²) in [6.45, 7) is 2.52. The lowest BCUT2D eigenvalue weighted by atomic mass is 10.0. The maximum Gasteiger partial charge on any atom is 0.128 e. The molecule has 2 bridgehead atoms. The average Bonchev–Trinajstić information content (AvgIpc) is 2.66. The van der Waals surface area contributed by atoms with E-state index in [9.17, 15) is 4.39 Å². The van der Waals surface area contributed by atoms with Crippen LogP contribution in [-0.2, 0) is 6.42 Å². The van der Waals surface area contributed by atoms with Crippen LogP contribution >= 0.6 is 0 Å². The van der Waals surface area contributed by atoms with Gasteiger partial charge in [0.1, 0.15) is 5.82 Å². The van der Waals surface area contributed by atoms with Gasteiger partial charge >= 0.3 is 0 Å². The summed E-state index contributed by atoms with van der Waals surface area (Å²) in [6, 6.07) is 6.72. The molecule has 3 nitrogen and oxygen atoms in total. The highest BCUT2D eigenvalue weighted by atomic mass is 19.1. The van der Waals surface area contributed by atoms with Crippen LogP contribution in [0, 0.1) is 5.82 Å². The van der Waals surface area contributed by atoms with Crippen LogP contribution in [0.25, 0.3) is 0 Å². The molecule has 2 unspecified atom stereocenters. The topological polar surface area (TPSA) is 32.5 Å². The lowest BCUT2D eigenvalue weighted by Crippen LogP contribution is -2.37. The van der Waals surface area contributed by atoms with Crippen LogP contribution in [0.5, 0.6) is 0 Å². The smallest absolute Gasteiger partial charge is 0.128 e. The second-order valence-corrected chi connectivity index (χ2v) is 6.06. The fraction of sp³-hybridized carbons (Fsp3) is 0.625. The van der Waals surface area contributed by atoms with E-state index in [-0.39, 0.29) is 5.82 Å². The van der Waals surface area contributed by atoms with Gasteiger partial charge in [-0.25, -0.2) is 4.39 Å². The Hall–Kier alpha value is -1.13. The van der Waals surface area contributed by atoms with E-state index in [2.05, 4.69) is 16.8 Å². The summed E-state index contributed by atoms with van der Waals surface area (Å²) in [5.41, 5.74) is 7.49. The minimum absolute atomic E-state index is 0.115. The van der Waals surface area contributed by atoms with Crippen molar-refractivity contribution >= 4 is 5.69 Å². The molecule has 2 N–H and O–H groups in total. The number of anilines is 1. The number of likely N-dealkylation sites (N-methyl/N-ethyl adjacent to an activating group) is 1. The Bertz CT molecular complexity index is 477. The van der Waals surface area contributed by atoms with Gasteiger partial charge in [-0.05, 0) is 51.4 Å². The first-order chi connectivity index (χ1) is 9.70. The molecule has 0 amide bonds. The van der Waals surface area contributed by atoms with Crippen molar-refractivity contribution in [3.05, 3.63) is 29.6 Å². The van der Waals surface area contributed by atoms with Gasteiger partial charge in [0.15, 0.2) is 0 Å². The molecule has 20 heavy (non-hydrogen) atoms. The predicted molar refractivity (Wildman–Crippen MR) is 80.6 cm³/mol. The minimum Gasteiger partial charge on any atom is -0.370 e. The van der Waals surface area contributed by atoms with Crippen molar-refractivity contribution < 1.29 is 4.39 Å². The van der Waals surface area contributed by atoms with E-state index in [0.29, 0.717) is 25.0 Å². The summed E-state index contributed by atoms with van der Waals surface area (Å²) in [6.07, 6.45) is 4.36. The van der Waals surface area contributed by atoms with Crippen molar-refractivity contribution in [2.45, 2.75) is 37.8 Å². The van der Waals surface area contributed by atoms with Gasteiger partial charge < -0.3 is 10.6 Å². The number of nitrogens with zero attached hydrogens (tertiary/aromatic N) is 2. The largest absolute Gasteiger partial charge is 0.370 e. The van der Waals surface area contributed by atoms with Crippen LogP contribution in [0.4, 0.5) is 10.1 Å². The molecule has 2 atom stereocenters. The second kappa shape index (κ2) is 5.70. The molecule has 4 heteroatoms. The van der Waals surface area contributed by atoms with Gasteiger partial charge in [-0.15, -0.1) is 0 Å². The molecule has 2 saturated heterocycles. The van der Waals surface area contributed by atoms with Crippen molar-refractivity contribution in [2.24, 2.45) is 5.73 Å². The lowest BCUT2D eigenvalue weighted by molar-refractivity contribution is 0.254. The molecular formula is C16H24FN3. The highest BCUT2D eigenvalue weighted by Crippen LogP contribution is 2.32. The van der Waals surface area contributed by atoms with E-state index in [4.69, 9.17) is 5.73 Å². The first-order valence-electron chi connectivity index (χ1n) is 7.65. The van der Waals surface area contributed by atoms with Gasteiger partial charge in [-0.3, -0.25) is 4.90 Å². The normalized spacial score (nSPS) is 26.9. The molecule has 2 aliphatic rings. The van der Waals surface area contributed by atoms with E-state index < -0.39 is 0 Å². The Kier molecular flexibility index (Phi) is 3.94. The highest BCUT2D eigenvalue weighted by Gasteiger charge is 2.35. The number of nitrogens with two attached hydrogens (primary N) is 1. The first kappa shape index (κ1) is 13.8. The standard InChI is InChI=1S/C16H24FN3/c1-19-12-5-6-13(19)11-20(10-8-12)16-4-2-3-15(17)14(16)7-9-18/h2-4,12-13H,5-11,18H2,1H3. The Balaban J connectivity index is 1.87. The van der Waals surface area contributed by atoms with Gasteiger partial charge in [-0.1, -0.05) is 6.07 Å². The molecule has 2 aliphatic heterocycles. The number of rotatable bonds is 3. The maximum atomic E-state index is 14.1. The lowest BCUT2D eigenvalue weighted by Gasteiger charge is -2.29. The van der Waals surface area contributed by atoms with Crippen molar-refractivity contribution in [1.82, 2.24) is 4.90 Å².